The number of aliphatic hydroxyl groups is 1. The van der Waals surface area contributed by atoms with Crippen LogP contribution in [-0.2, 0) is 5.41 Å². The topological polar surface area (TPSA) is 58.0 Å². The summed E-state index contributed by atoms with van der Waals surface area (Å²) < 4.78 is 4.32. The highest BCUT2D eigenvalue weighted by Gasteiger charge is 2.19. The molecule has 1 aromatic rings. The number of anilines is 1. The van der Waals surface area contributed by atoms with Crippen molar-refractivity contribution in [2.75, 3.05) is 11.9 Å². The molecule has 1 aromatic heterocycles. The quantitative estimate of drug-likeness (QED) is 0.780. The molecule has 16 heavy (non-hydrogen) atoms. The Balaban J connectivity index is 2.36. The molecule has 0 amide bonds. The van der Waals surface area contributed by atoms with E-state index in [1.807, 2.05) is 6.92 Å². The Bertz CT molecular complexity index is 317. The largest absolute Gasteiger partial charge is 0.393 e. The van der Waals surface area contributed by atoms with E-state index in [2.05, 4.69) is 35.4 Å². The first-order valence-corrected chi connectivity index (χ1v) is 6.43. The molecule has 92 valence electrons. The van der Waals surface area contributed by atoms with E-state index < -0.39 is 0 Å². The van der Waals surface area contributed by atoms with Gasteiger partial charge in [-0.2, -0.15) is 4.37 Å². The average Bonchev–Trinajstić information content (AvgIpc) is 2.59. The van der Waals surface area contributed by atoms with E-state index in [-0.39, 0.29) is 11.5 Å². The SMILES string of the molecule is CC(O)CCCNc1nc(C(C)(C)C)ns1. The van der Waals surface area contributed by atoms with Crippen molar-refractivity contribution in [3.05, 3.63) is 5.82 Å². The van der Waals surface area contributed by atoms with Gasteiger partial charge in [0.2, 0.25) is 5.13 Å². The summed E-state index contributed by atoms with van der Waals surface area (Å²) in [4.78, 5) is 4.43. The normalized spacial score (nSPS) is 13.8. The molecule has 0 aliphatic carbocycles. The molecule has 1 heterocycles. The second-order valence-electron chi connectivity index (χ2n) is 5.09. The van der Waals surface area contributed by atoms with Crippen LogP contribution < -0.4 is 5.32 Å². The zero-order valence-electron chi connectivity index (χ0n) is 10.4. The third kappa shape index (κ3) is 4.45. The van der Waals surface area contributed by atoms with Crippen molar-refractivity contribution in [1.29, 1.82) is 0 Å². The summed E-state index contributed by atoms with van der Waals surface area (Å²) in [6.07, 6.45) is 1.54. The Kier molecular flexibility index (Phi) is 4.68. The molecular weight excluding hydrogens is 222 g/mol. The molecule has 1 rings (SSSR count). The van der Waals surface area contributed by atoms with Crippen LogP contribution in [0, 0.1) is 0 Å². The van der Waals surface area contributed by atoms with Gasteiger partial charge < -0.3 is 10.4 Å². The Morgan fingerprint density at radius 2 is 2.12 bits per heavy atom. The minimum atomic E-state index is -0.221. The van der Waals surface area contributed by atoms with Crippen LogP contribution in [0.2, 0.25) is 0 Å². The van der Waals surface area contributed by atoms with Crippen LogP contribution in [0.4, 0.5) is 5.13 Å². The average molecular weight is 243 g/mol. The van der Waals surface area contributed by atoms with E-state index in [9.17, 15) is 0 Å². The highest BCUT2D eigenvalue weighted by Crippen LogP contribution is 2.22. The van der Waals surface area contributed by atoms with Crippen LogP contribution in [0.15, 0.2) is 0 Å². The second kappa shape index (κ2) is 5.59. The van der Waals surface area contributed by atoms with E-state index in [0.29, 0.717) is 0 Å². The third-order valence-corrected chi connectivity index (χ3v) is 2.84. The maximum atomic E-state index is 9.11. The Morgan fingerprint density at radius 3 is 2.62 bits per heavy atom. The fraction of sp³-hybridized carbons (Fsp3) is 0.818. The van der Waals surface area contributed by atoms with Crippen LogP contribution in [0.25, 0.3) is 0 Å². The zero-order valence-corrected chi connectivity index (χ0v) is 11.3. The lowest BCUT2D eigenvalue weighted by Crippen LogP contribution is -2.13. The number of nitrogens with zero attached hydrogens (tertiary/aromatic N) is 2. The van der Waals surface area contributed by atoms with Gasteiger partial charge in [0, 0.05) is 23.5 Å². The van der Waals surface area contributed by atoms with Crippen LogP contribution >= 0.6 is 11.5 Å². The van der Waals surface area contributed by atoms with Crippen molar-refractivity contribution in [3.63, 3.8) is 0 Å². The van der Waals surface area contributed by atoms with E-state index in [1.54, 1.807) is 0 Å². The van der Waals surface area contributed by atoms with E-state index in [1.165, 1.54) is 11.5 Å². The molecular formula is C11H21N3OS. The van der Waals surface area contributed by atoms with Gasteiger partial charge in [0.25, 0.3) is 0 Å². The van der Waals surface area contributed by atoms with Crippen molar-refractivity contribution in [3.8, 4) is 0 Å². The summed E-state index contributed by atoms with van der Waals surface area (Å²) >= 11 is 1.40. The fourth-order valence-electron chi connectivity index (χ4n) is 1.19. The van der Waals surface area contributed by atoms with Crippen molar-refractivity contribution in [1.82, 2.24) is 9.36 Å². The molecule has 0 bridgehead atoms. The van der Waals surface area contributed by atoms with Gasteiger partial charge in [-0.1, -0.05) is 20.8 Å². The lowest BCUT2D eigenvalue weighted by atomic mass is 9.96. The summed E-state index contributed by atoms with van der Waals surface area (Å²) in [5.41, 5.74) is 0.00996. The number of hydrogen-bond acceptors (Lipinski definition) is 5. The minimum absolute atomic E-state index is 0.00996. The molecule has 0 aliphatic heterocycles. The van der Waals surface area contributed by atoms with Crippen molar-refractivity contribution in [2.45, 2.75) is 52.1 Å². The Labute approximate surface area is 101 Å². The summed E-state index contributed by atoms with van der Waals surface area (Å²) in [7, 11) is 0. The predicted molar refractivity (Wildman–Crippen MR) is 68.0 cm³/mol. The van der Waals surface area contributed by atoms with E-state index in [0.717, 1.165) is 30.3 Å². The second-order valence-corrected chi connectivity index (χ2v) is 5.84. The first kappa shape index (κ1) is 13.4. The number of aliphatic hydroxyl groups excluding tert-OH is 1. The van der Waals surface area contributed by atoms with Crippen LogP contribution in [0.3, 0.4) is 0 Å². The lowest BCUT2D eigenvalue weighted by Gasteiger charge is -2.12. The maximum Gasteiger partial charge on any atom is 0.202 e. The molecule has 0 saturated carbocycles. The Morgan fingerprint density at radius 1 is 1.44 bits per heavy atom. The lowest BCUT2D eigenvalue weighted by molar-refractivity contribution is 0.183. The molecule has 1 unspecified atom stereocenters. The summed E-state index contributed by atoms with van der Waals surface area (Å²) in [5, 5.41) is 13.2. The van der Waals surface area contributed by atoms with Gasteiger partial charge in [-0.05, 0) is 19.8 Å². The molecule has 0 spiro atoms. The molecule has 0 saturated heterocycles. The van der Waals surface area contributed by atoms with Gasteiger partial charge in [0.15, 0.2) is 0 Å². The van der Waals surface area contributed by atoms with E-state index in [4.69, 9.17) is 5.11 Å². The van der Waals surface area contributed by atoms with Crippen LogP contribution in [0.5, 0.6) is 0 Å². The minimum Gasteiger partial charge on any atom is -0.393 e. The van der Waals surface area contributed by atoms with Gasteiger partial charge >= 0.3 is 0 Å². The van der Waals surface area contributed by atoms with Crippen molar-refractivity contribution in [2.24, 2.45) is 0 Å². The highest BCUT2D eigenvalue weighted by atomic mass is 32.1. The predicted octanol–water partition coefficient (Wildman–Crippen LogP) is 2.41. The summed E-state index contributed by atoms with van der Waals surface area (Å²) in [6, 6.07) is 0. The van der Waals surface area contributed by atoms with Gasteiger partial charge in [-0.3, -0.25) is 0 Å². The van der Waals surface area contributed by atoms with E-state index >= 15 is 0 Å². The molecule has 0 aromatic carbocycles. The maximum absolute atomic E-state index is 9.11. The number of hydrogen-bond donors (Lipinski definition) is 2. The van der Waals surface area contributed by atoms with Crippen LogP contribution in [0.1, 0.15) is 46.4 Å². The van der Waals surface area contributed by atoms with Gasteiger partial charge in [0.05, 0.1) is 6.10 Å². The molecule has 4 nitrogen and oxygen atoms in total. The standard InChI is InChI=1S/C11H21N3OS/c1-8(15)6-5-7-12-10-13-9(14-16-10)11(2,3)4/h8,15H,5-7H2,1-4H3,(H,12,13,14). The molecule has 0 aliphatic rings. The van der Waals surface area contributed by atoms with Gasteiger partial charge in [0.1, 0.15) is 5.82 Å². The summed E-state index contributed by atoms with van der Waals surface area (Å²) in [5.74, 6) is 0.885. The molecule has 1 atom stereocenters. The first-order chi connectivity index (χ1) is 7.39. The molecule has 0 fully saturated rings. The monoisotopic (exact) mass is 243 g/mol. The third-order valence-electron chi connectivity index (χ3n) is 2.17. The number of rotatable bonds is 5. The Hall–Kier alpha value is -0.680. The van der Waals surface area contributed by atoms with Crippen LogP contribution in [-0.4, -0.2) is 27.1 Å². The smallest absolute Gasteiger partial charge is 0.202 e. The highest BCUT2D eigenvalue weighted by molar-refractivity contribution is 7.09. The van der Waals surface area contributed by atoms with Gasteiger partial charge in [-0.15, -0.1) is 0 Å². The van der Waals surface area contributed by atoms with Crippen molar-refractivity contribution < 1.29 is 5.11 Å². The molecule has 0 radical (unpaired) electrons. The zero-order chi connectivity index (χ0) is 12.2. The van der Waals surface area contributed by atoms with Crippen molar-refractivity contribution >= 4 is 16.7 Å². The summed E-state index contributed by atoms with van der Waals surface area (Å²) in [6.45, 7) is 8.96. The van der Waals surface area contributed by atoms with Gasteiger partial charge in [-0.25, -0.2) is 4.98 Å². The molecule has 5 heteroatoms. The first-order valence-electron chi connectivity index (χ1n) is 5.65. The number of nitrogens with one attached hydrogen (secondary N) is 1. The fourth-order valence-corrected chi connectivity index (χ4v) is 1.97. The number of aromatic nitrogens is 2. The molecule has 2 N–H and O–H groups in total.